The van der Waals surface area contributed by atoms with Crippen LogP contribution in [-0.4, -0.2) is 57.3 Å². The number of ether oxygens (including phenoxy) is 1. The maximum atomic E-state index is 12.7. The van der Waals surface area contributed by atoms with Gasteiger partial charge in [-0.25, -0.2) is 13.3 Å². The number of piperazine rings is 1. The van der Waals surface area contributed by atoms with Crippen LogP contribution in [0.4, 0.5) is 0 Å². The molecule has 1 saturated heterocycles. The van der Waals surface area contributed by atoms with Crippen molar-refractivity contribution in [2.75, 3.05) is 32.8 Å². The minimum absolute atomic E-state index is 0.402. The Labute approximate surface area is 176 Å². The van der Waals surface area contributed by atoms with E-state index in [1.807, 2.05) is 10.4 Å². The maximum Gasteiger partial charge on any atom is 0.341 e. The molecule has 1 N–H and O–H groups in total. The summed E-state index contributed by atoms with van der Waals surface area (Å²) >= 11 is 12.1. The van der Waals surface area contributed by atoms with Crippen LogP contribution in [-0.2, 0) is 22.3 Å². The van der Waals surface area contributed by atoms with Gasteiger partial charge in [-0.2, -0.15) is 0 Å². The highest BCUT2D eigenvalue weighted by Crippen LogP contribution is 2.25. The molecule has 28 heavy (non-hydrogen) atoms. The van der Waals surface area contributed by atoms with Crippen molar-refractivity contribution in [2.45, 2.75) is 11.4 Å². The topological polar surface area (TPSA) is 70.1 Å². The minimum atomic E-state index is -1.25. The molecule has 3 rings (SSSR count). The van der Waals surface area contributed by atoms with E-state index in [9.17, 15) is 9.00 Å². The first-order valence-electron chi connectivity index (χ1n) is 8.70. The van der Waals surface area contributed by atoms with Gasteiger partial charge in [0, 0.05) is 48.3 Å². The number of carbonyl (C=O) groups is 1. The van der Waals surface area contributed by atoms with Crippen molar-refractivity contribution in [1.82, 2.24) is 9.21 Å². The standard InChI is InChI=1S/C19H20Cl2N2O4S/c20-15-2-1-3-17(11-15)28(26)23-8-6-22(7-9-23)12-14-10-16(21)4-5-18(14)27-13-19(24)25/h1-5,10-11H,6-9,12-13H2,(H,24,25). The molecule has 2 aromatic rings. The highest BCUT2D eigenvalue weighted by atomic mass is 35.5. The first kappa shape index (κ1) is 21.1. The summed E-state index contributed by atoms with van der Waals surface area (Å²) in [4.78, 5) is 13.7. The van der Waals surface area contributed by atoms with E-state index < -0.39 is 23.6 Å². The minimum Gasteiger partial charge on any atom is -0.482 e. The summed E-state index contributed by atoms with van der Waals surface area (Å²) in [6, 6.07) is 12.2. The fraction of sp³-hybridized carbons (Fsp3) is 0.316. The zero-order chi connectivity index (χ0) is 20.1. The number of carboxylic acids is 1. The second-order valence-electron chi connectivity index (χ2n) is 6.35. The molecule has 0 radical (unpaired) electrons. The normalized spacial score (nSPS) is 16.6. The molecular weight excluding hydrogens is 423 g/mol. The smallest absolute Gasteiger partial charge is 0.341 e. The fourth-order valence-corrected chi connectivity index (χ4v) is 4.64. The van der Waals surface area contributed by atoms with Crippen LogP contribution in [0.3, 0.4) is 0 Å². The van der Waals surface area contributed by atoms with Gasteiger partial charge in [0.1, 0.15) is 16.7 Å². The van der Waals surface area contributed by atoms with Gasteiger partial charge in [-0.15, -0.1) is 0 Å². The lowest BCUT2D eigenvalue weighted by Gasteiger charge is -2.34. The van der Waals surface area contributed by atoms with E-state index in [4.69, 9.17) is 33.0 Å². The van der Waals surface area contributed by atoms with Crippen molar-refractivity contribution in [3.05, 3.63) is 58.1 Å². The van der Waals surface area contributed by atoms with Gasteiger partial charge in [-0.1, -0.05) is 29.3 Å². The summed E-state index contributed by atoms with van der Waals surface area (Å²) in [5.41, 5.74) is 0.832. The summed E-state index contributed by atoms with van der Waals surface area (Å²) in [7, 11) is -1.25. The largest absolute Gasteiger partial charge is 0.482 e. The molecule has 2 aromatic carbocycles. The van der Waals surface area contributed by atoms with Crippen molar-refractivity contribution >= 4 is 40.2 Å². The highest BCUT2D eigenvalue weighted by Gasteiger charge is 2.23. The number of halogens is 2. The average Bonchev–Trinajstić information content (AvgIpc) is 2.67. The molecule has 1 atom stereocenters. The van der Waals surface area contributed by atoms with Crippen LogP contribution in [0.1, 0.15) is 5.56 Å². The van der Waals surface area contributed by atoms with Crippen LogP contribution >= 0.6 is 23.2 Å². The molecule has 0 aromatic heterocycles. The number of carboxylic acid groups (broad SMARTS) is 1. The zero-order valence-corrected chi connectivity index (χ0v) is 17.3. The van der Waals surface area contributed by atoms with Gasteiger partial charge in [-0.3, -0.25) is 4.90 Å². The third-order valence-electron chi connectivity index (χ3n) is 4.33. The van der Waals surface area contributed by atoms with Gasteiger partial charge in [0.25, 0.3) is 0 Å². The Morgan fingerprint density at radius 2 is 1.79 bits per heavy atom. The molecule has 1 unspecified atom stereocenters. The van der Waals surface area contributed by atoms with Crippen molar-refractivity contribution in [3.63, 3.8) is 0 Å². The van der Waals surface area contributed by atoms with Crippen LogP contribution < -0.4 is 4.74 Å². The van der Waals surface area contributed by atoms with Crippen molar-refractivity contribution in [1.29, 1.82) is 0 Å². The first-order chi connectivity index (χ1) is 13.4. The summed E-state index contributed by atoms with van der Waals surface area (Å²) < 4.78 is 20.0. The summed E-state index contributed by atoms with van der Waals surface area (Å²) in [5, 5.41) is 9.97. The summed E-state index contributed by atoms with van der Waals surface area (Å²) in [6.45, 7) is 2.90. The lowest BCUT2D eigenvalue weighted by atomic mass is 10.1. The molecule has 150 valence electrons. The van der Waals surface area contributed by atoms with Crippen molar-refractivity contribution in [2.24, 2.45) is 0 Å². The molecule has 0 spiro atoms. The lowest BCUT2D eigenvalue weighted by Crippen LogP contribution is -2.46. The Kier molecular flexibility index (Phi) is 7.31. The number of benzene rings is 2. The predicted octanol–water partition coefficient (Wildman–Crippen LogP) is 3.30. The van der Waals surface area contributed by atoms with Gasteiger partial charge >= 0.3 is 5.97 Å². The van der Waals surface area contributed by atoms with E-state index in [0.717, 1.165) is 18.7 Å². The number of hydrogen-bond donors (Lipinski definition) is 1. The van der Waals surface area contributed by atoms with Gasteiger partial charge in [-0.05, 0) is 36.4 Å². The van der Waals surface area contributed by atoms with E-state index in [2.05, 4.69) is 4.90 Å². The number of aliphatic carboxylic acids is 1. The maximum absolute atomic E-state index is 12.7. The highest BCUT2D eigenvalue weighted by molar-refractivity contribution is 7.82. The molecule has 0 amide bonds. The second-order valence-corrected chi connectivity index (χ2v) is 8.71. The van der Waals surface area contributed by atoms with Gasteiger partial charge in [0.2, 0.25) is 0 Å². The molecule has 6 nitrogen and oxygen atoms in total. The summed E-state index contributed by atoms with van der Waals surface area (Å²) in [6.07, 6.45) is 0. The Balaban J connectivity index is 1.60. The molecule has 9 heteroatoms. The lowest BCUT2D eigenvalue weighted by molar-refractivity contribution is -0.139. The van der Waals surface area contributed by atoms with Crippen LogP contribution in [0.2, 0.25) is 10.0 Å². The predicted molar refractivity (Wildman–Crippen MR) is 109 cm³/mol. The number of nitrogens with zero attached hydrogens (tertiary/aromatic N) is 2. The quantitative estimate of drug-likeness (QED) is 0.711. The molecule has 0 bridgehead atoms. The summed E-state index contributed by atoms with van der Waals surface area (Å²) in [5.74, 6) is -0.519. The fourth-order valence-electron chi connectivity index (χ4n) is 2.97. The third kappa shape index (κ3) is 5.68. The Morgan fingerprint density at radius 3 is 2.46 bits per heavy atom. The number of rotatable bonds is 7. The second kappa shape index (κ2) is 9.71. The van der Waals surface area contributed by atoms with Crippen molar-refractivity contribution in [3.8, 4) is 5.75 Å². The monoisotopic (exact) mass is 442 g/mol. The van der Waals surface area contributed by atoms with E-state index in [1.165, 1.54) is 0 Å². The molecule has 1 fully saturated rings. The Hall–Kier alpha value is -1.64. The number of hydrogen-bond acceptors (Lipinski definition) is 4. The molecule has 0 saturated carbocycles. The molecular formula is C19H20Cl2N2O4S. The van der Waals surface area contributed by atoms with Crippen LogP contribution in [0.25, 0.3) is 0 Å². The Morgan fingerprint density at radius 1 is 1.07 bits per heavy atom. The van der Waals surface area contributed by atoms with Crippen LogP contribution in [0.5, 0.6) is 5.75 Å². The van der Waals surface area contributed by atoms with Crippen LogP contribution in [0.15, 0.2) is 47.4 Å². The van der Waals surface area contributed by atoms with Gasteiger partial charge in [0.15, 0.2) is 6.61 Å². The SMILES string of the molecule is O=C(O)COc1ccc(Cl)cc1CN1CCN(S(=O)c2cccc(Cl)c2)CC1. The van der Waals surface area contributed by atoms with E-state index in [0.29, 0.717) is 40.3 Å². The molecule has 1 aliphatic heterocycles. The van der Waals surface area contributed by atoms with E-state index >= 15 is 0 Å². The molecule has 1 aliphatic rings. The zero-order valence-electron chi connectivity index (χ0n) is 15.0. The van der Waals surface area contributed by atoms with E-state index in [-0.39, 0.29) is 0 Å². The Bertz CT molecular complexity index is 873. The molecule has 0 aliphatic carbocycles. The van der Waals surface area contributed by atoms with E-state index in [1.54, 1.807) is 36.4 Å². The van der Waals surface area contributed by atoms with Gasteiger partial charge in [0.05, 0.1) is 4.90 Å². The first-order valence-corrected chi connectivity index (χ1v) is 10.6. The molecule has 1 heterocycles. The third-order valence-corrected chi connectivity index (χ3v) is 6.29. The van der Waals surface area contributed by atoms with Crippen molar-refractivity contribution < 1.29 is 18.8 Å². The van der Waals surface area contributed by atoms with Crippen LogP contribution in [0, 0.1) is 0 Å². The van der Waals surface area contributed by atoms with Gasteiger partial charge < -0.3 is 9.84 Å². The average molecular weight is 443 g/mol.